The molecule has 1 aromatic heterocycles. The summed E-state index contributed by atoms with van der Waals surface area (Å²) in [5.41, 5.74) is 2.17. The maximum absolute atomic E-state index is 12.2. The first kappa shape index (κ1) is 16.9. The number of fused-ring (bicyclic) bond motifs is 1. The van der Waals surface area contributed by atoms with Crippen LogP contribution in [0.25, 0.3) is 10.9 Å². The van der Waals surface area contributed by atoms with Crippen LogP contribution in [0.3, 0.4) is 0 Å². The Balaban J connectivity index is 1.22. The molecule has 0 unspecified atom stereocenters. The van der Waals surface area contributed by atoms with Crippen molar-refractivity contribution in [1.29, 1.82) is 0 Å². The molecule has 2 heterocycles. The molecule has 1 aliphatic heterocycles. The average molecular weight is 364 g/mol. The summed E-state index contributed by atoms with van der Waals surface area (Å²) in [6.45, 7) is 1.28. The van der Waals surface area contributed by atoms with E-state index in [4.69, 9.17) is 4.74 Å². The topological polar surface area (TPSA) is 42.4 Å². The number of carbonyl (C=O) groups is 1. The van der Waals surface area contributed by atoms with Gasteiger partial charge in [0.2, 0.25) is 11.8 Å². The lowest BCUT2D eigenvalue weighted by Crippen LogP contribution is -2.56. The van der Waals surface area contributed by atoms with E-state index >= 15 is 0 Å². The number of ether oxygens (including phenoxy) is 1. The molecule has 2 aromatic carbocycles. The summed E-state index contributed by atoms with van der Waals surface area (Å²) in [6.07, 6.45) is 0.0340. The fraction of sp³-hybridized carbons (Fsp3) is 0.238. The van der Waals surface area contributed by atoms with Crippen molar-refractivity contribution >= 4 is 28.6 Å². The van der Waals surface area contributed by atoms with Gasteiger partial charge in [-0.1, -0.05) is 48.5 Å². The highest BCUT2D eigenvalue weighted by atomic mass is 32.2. The zero-order valence-corrected chi connectivity index (χ0v) is 15.2. The second kappa shape index (κ2) is 7.79. The summed E-state index contributed by atoms with van der Waals surface area (Å²) in [7, 11) is 0. The highest BCUT2D eigenvalue weighted by Gasteiger charge is 2.32. The second-order valence-corrected chi connectivity index (χ2v) is 7.34. The van der Waals surface area contributed by atoms with E-state index in [9.17, 15) is 4.79 Å². The Bertz CT molecular complexity index is 895. The maximum atomic E-state index is 12.2. The third kappa shape index (κ3) is 3.99. The Labute approximate surface area is 157 Å². The summed E-state index contributed by atoms with van der Waals surface area (Å²) in [6, 6.07) is 22.1. The minimum atomic E-state index is 0.0340. The summed E-state index contributed by atoms with van der Waals surface area (Å²) in [4.78, 5) is 18.6. The molecule has 0 radical (unpaired) electrons. The Morgan fingerprint density at radius 1 is 1.04 bits per heavy atom. The van der Waals surface area contributed by atoms with Crippen LogP contribution >= 0.6 is 11.8 Å². The molecule has 0 saturated carbocycles. The number of thioether (sulfide) groups is 1. The first-order valence-corrected chi connectivity index (χ1v) is 9.85. The molecule has 0 spiro atoms. The molecule has 26 heavy (non-hydrogen) atoms. The van der Waals surface area contributed by atoms with Gasteiger partial charge in [-0.15, -0.1) is 11.8 Å². The molecular formula is C21H20N2O2S. The number of para-hydroxylation sites is 1. The van der Waals surface area contributed by atoms with Crippen LogP contribution in [-0.4, -0.2) is 40.7 Å². The number of hydrogen-bond acceptors (Lipinski definition) is 4. The molecule has 1 amide bonds. The number of nitrogens with zero attached hydrogens (tertiary/aromatic N) is 2. The van der Waals surface area contributed by atoms with Crippen molar-refractivity contribution in [3.63, 3.8) is 0 Å². The second-order valence-electron chi connectivity index (χ2n) is 6.36. The van der Waals surface area contributed by atoms with E-state index in [2.05, 4.69) is 17.1 Å². The van der Waals surface area contributed by atoms with Gasteiger partial charge in [0.25, 0.3) is 0 Å². The molecule has 3 aromatic rings. The van der Waals surface area contributed by atoms with Gasteiger partial charge in [-0.25, -0.2) is 4.98 Å². The van der Waals surface area contributed by atoms with Gasteiger partial charge in [-0.2, -0.15) is 0 Å². The van der Waals surface area contributed by atoms with E-state index in [0.717, 1.165) is 16.7 Å². The van der Waals surface area contributed by atoms with Crippen molar-refractivity contribution < 1.29 is 9.53 Å². The minimum absolute atomic E-state index is 0.0340. The largest absolute Gasteiger partial charge is 0.471 e. The Hall–Kier alpha value is -2.53. The van der Waals surface area contributed by atoms with Crippen molar-refractivity contribution in [2.75, 3.05) is 18.8 Å². The summed E-state index contributed by atoms with van der Waals surface area (Å²) in [5.74, 6) is 2.17. The molecule has 0 bridgehead atoms. The van der Waals surface area contributed by atoms with Gasteiger partial charge in [0.15, 0.2) is 0 Å². The van der Waals surface area contributed by atoms with Crippen LogP contribution in [0, 0.1) is 0 Å². The Kier molecular flexibility index (Phi) is 5.07. The lowest BCUT2D eigenvalue weighted by molar-refractivity contribution is -0.137. The molecule has 1 aliphatic rings. The number of likely N-dealkylation sites (tertiary alicyclic amines) is 1. The number of hydrogen-bond donors (Lipinski definition) is 0. The van der Waals surface area contributed by atoms with Gasteiger partial charge >= 0.3 is 0 Å². The average Bonchev–Trinajstić information content (AvgIpc) is 2.65. The normalized spacial score (nSPS) is 14.2. The lowest BCUT2D eigenvalue weighted by Gasteiger charge is -2.38. The van der Waals surface area contributed by atoms with Crippen LogP contribution in [0.4, 0.5) is 0 Å². The summed E-state index contributed by atoms with van der Waals surface area (Å²) >= 11 is 1.65. The highest BCUT2D eigenvalue weighted by Crippen LogP contribution is 2.21. The molecule has 0 N–H and O–H groups in total. The molecule has 0 atom stereocenters. The molecule has 5 heteroatoms. The zero-order chi connectivity index (χ0) is 17.8. The molecule has 0 aliphatic carbocycles. The molecule has 132 valence electrons. The highest BCUT2D eigenvalue weighted by molar-refractivity contribution is 7.99. The maximum Gasteiger partial charge on any atom is 0.232 e. The van der Waals surface area contributed by atoms with E-state index in [-0.39, 0.29) is 12.0 Å². The zero-order valence-electron chi connectivity index (χ0n) is 14.4. The number of benzene rings is 2. The predicted octanol–water partition coefficient (Wildman–Crippen LogP) is 3.76. The minimum Gasteiger partial charge on any atom is -0.471 e. The third-order valence-corrected chi connectivity index (χ3v) is 5.39. The van der Waals surface area contributed by atoms with Crippen LogP contribution in [0.1, 0.15) is 5.56 Å². The molecule has 1 fully saturated rings. The molecular weight excluding hydrogens is 344 g/mol. The van der Waals surface area contributed by atoms with Crippen molar-refractivity contribution in [2.45, 2.75) is 11.9 Å². The molecule has 4 nitrogen and oxygen atoms in total. The van der Waals surface area contributed by atoms with Gasteiger partial charge in [-0.05, 0) is 17.7 Å². The van der Waals surface area contributed by atoms with Crippen molar-refractivity contribution in [1.82, 2.24) is 9.88 Å². The smallest absolute Gasteiger partial charge is 0.232 e. The number of amides is 1. The molecule has 4 rings (SSSR count). The van der Waals surface area contributed by atoms with E-state index in [1.54, 1.807) is 11.8 Å². The number of rotatable bonds is 6. The van der Waals surface area contributed by atoms with E-state index in [1.807, 2.05) is 59.5 Å². The van der Waals surface area contributed by atoms with Crippen molar-refractivity contribution in [2.24, 2.45) is 0 Å². The van der Waals surface area contributed by atoms with Gasteiger partial charge in [-0.3, -0.25) is 4.79 Å². The van der Waals surface area contributed by atoms with Crippen LogP contribution in [0.5, 0.6) is 5.88 Å². The monoisotopic (exact) mass is 364 g/mol. The van der Waals surface area contributed by atoms with Gasteiger partial charge in [0.05, 0.1) is 24.4 Å². The van der Waals surface area contributed by atoms with Gasteiger partial charge in [0.1, 0.15) is 6.10 Å². The first-order chi connectivity index (χ1) is 12.8. The van der Waals surface area contributed by atoms with E-state index < -0.39 is 0 Å². The SMILES string of the molecule is O=C(CSCc1ccccc1)N1CC(Oc2ccc3ccccc3n2)C1. The van der Waals surface area contributed by atoms with Crippen LogP contribution in [0.15, 0.2) is 66.7 Å². The summed E-state index contributed by atoms with van der Waals surface area (Å²) in [5, 5.41) is 1.10. The van der Waals surface area contributed by atoms with E-state index in [0.29, 0.717) is 24.7 Å². The van der Waals surface area contributed by atoms with Crippen LogP contribution < -0.4 is 4.74 Å². The van der Waals surface area contributed by atoms with Crippen LogP contribution in [0.2, 0.25) is 0 Å². The number of pyridine rings is 1. The van der Waals surface area contributed by atoms with Crippen LogP contribution in [-0.2, 0) is 10.5 Å². The van der Waals surface area contributed by atoms with E-state index in [1.165, 1.54) is 5.56 Å². The fourth-order valence-electron chi connectivity index (χ4n) is 2.92. The summed E-state index contributed by atoms with van der Waals surface area (Å²) < 4.78 is 5.90. The van der Waals surface area contributed by atoms with Crippen molar-refractivity contribution in [3.8, 4) is 5.88 Å². The van der Waals surface area contributed by atoms with Gasteiger partial charge in [0, 0.05) is 17.2 Å². The van der Waals surface area contributed by atoms with Crippen molar-refractivity contribution in [3.05, 3.63) is 72.3 Å². The Morgan fingerprint density at radius 2 is 1.81 bits per heavy atom. The first-order valence-electron chi connectivity index (χ1n) is 8.70. The quantitative estimate of drug-likeness (QED) is 0.668. The molecule has 1 saturated heterocycles. The Morgan fingerprint density at radius 3 is 2.65 bits per heavy atom. The number of carbonyl (C=O) groups excluding carboxylic acids is 1. The lowest BCUT2D eigenvalue weighted by atomic mass is 10.1. The standard InChI is InChI=1S/C21H20N2O2S/c24-21(15-26-14-16-6-2-1-3-7-16)23-12-18(13-23)25-20-11-10-17-8-4-5-9-19(17)22-20/h1-11,18H,12-15H2. The number of aromatic nitrogens is 1. The third-order valence-electron chi connectivity index (χ3n) is 4.40. The predicted molar refractivity (Wildman–Crippen MR) is 105 cm³/mol. The van der Waals surface area contributed by atoms with Gasteiger partial charge < -0.3 is 9.64 Å². The fourth-order valence-corrected chi connectivity index (χ4v) is 3.81.